The molecule has 0 bridgehead atoms. The summed E-state index contributed by atoms with van der Waals surface area (Å²) in [6.45, 7) is 7.82. The van der Waals surface area contributed by atoms with E-state index in [-0.39, 0.29) is 0 Å². The lowest BCUT2D eigenvalue weighted by Crippen LogP contribution is -2.57. The van der Waals surface area contributed by atoms with Crippen LogP contribution in [0.5, 0.6) is 0 Å². The molecule has 1 heteroatoms. The first-order valence-electron chi connectivity index (χ1n) is 6.82. The van der Waals surface area contributed by atoms with Crippen LogP contribution in [0.2, 0.25) is 0 Å². The summed E-state index contributed by atoms with van der Waals surface area (Å²) in [4.78, 5) is 0. The molecule has 0 aromatic rings. The van der Waals surface area contributed by atoms with E-state index in [2.05, 4.69) is 20.8 Å². The minimum absolute atomic E-state index is 0.586. The van der Waals surface area contributed by atoms with E-state index in [0.29, 0.717) is 11.5 Å². The monoisotopic (exact) mass is 210 g/mol. The van der Waals surface area contributed by atoms with E-state index < -0.39 is 0 Å². The Morgan fingerprint density at radius 2 is 1.87 bits per heavy atom. The molecule has 0 N–H and O–H groups in total. The lowest BCUT2D eigenvalue weighted by Gasteiger charge is -2.59. The van der Waals surface area contributed by atoms with Gasteiger partial charge >= 0.3 is 0 Å². The molecule has 88 valence electrons. The van der Waals surface area contributed by atoms with E-state index in [1.165, 1.54) is 38.5 Å². The van der Waals surface area contributed by atoms with E-state index in [1.807, 2.05) is 0 Å². The summed E-state index contributed by atoms with van der Waals surface area (Å²) in [6, 6.07) is 0. The molecule has 0 aromatic carbocycles. The molecule has 1 spiro atoms. The summed E-state index contributed by atoms with van der Waals surface area (Å²) in [6.07, 6.45) is 9.10. The molecular formula is C14H26O. The van der Waals surface area contributed by atoms with Gasteiger partial charge in [0.25, 0.3) is 0 Å². The molecule has 0 aromatic heterocycles. The van der Waals surface area contributed by atoms with Crippen LogP contribution in [0.3, 0.4) is 0 Å². The first-order chi connectivity index (χ1) is 7.20. The highest BCUT2D eigenvalue weighted by Gasteiger charge is 2.55. The van der Waals surface area contributed by atoms with Crippen LogP contribution < -0.4 is 0 Å². The van der Waals surface area contributed by atoms with Crippen LogP contribution in [-0.2, 0) is 4.74 Å². The highest BCUT2D eigenvalue weighted by molar-refractivity contribution is 5.05. The molecule has 2 atom stereocenters. The van der Waals surface area contributed by atoms with Crippen LogP contribution in [0, 0.1) is 17.3 Å². The van der Waals surface area contributed by atoms with Crippen molar-refractivity contribution in [2.75, 3.05) is 6.61 Å². The molecular weight excluding hydrogens is 184 g/mol. The minimum atomic E-state index is 0.586. The number of ether oxygens (including phenoxy) is 1. The average molecular weight is 210 g/mol. The topological polar surface area (TPSA) is 9.23 Å². The lowest BCUT2D eigenvalue weighted by molar-refractivity contribution is -0.184. The predicted octanol–water partition coefficient (Wildman–Crippen LogP) is 4.02. The van der Waals surface area contributed by atoms with Gasteiger partial charge in [0.2, 0.25) is 0 Å². The second-order valence-corrected chi connectivity index (χ2v) is 5.82. The van der Waals surface area contributed by atoms with Gasteiger partial charge in [-0.05, 0) is 43.4 Å². The Morgan fingerprint density at radius 3 is 2.40 bits per heavy atom. The van der Waals surface area contributed by atoms with Gasteiger partial charge in [0.05, 0.1) is 6.10 Å². The van der Waals surface area contributed by atoms with Crippen LogP contribution in [0.4, 0.5) is 0 Å². The van der Waals surface area contributed by atoms with Crippen molar-refractivity contribution in [1.82, 2.24) is 0 Å². The van der Waals surface area contributed by atoms with E-state index in [0.717, 1.165) is 18.4 Å². The predicted molar refractivity (Wildman–Crippen MR) is 63.9 cm³/mol. The van der Waals surface area contributed by atoms with Crippen LogP contribution >= 0.6 is 0 Å². The summed E-state index contributed by atoms with van der Waals surface area (Å²) in [7, 11) is 0. The Bertz CT molecular complexity index is 203. The Morgan fingerprint density at radius 1 is 1.20 bits per heavy atom. The maximum atomic E-state index is 5.95. The Hall–Kier alpha value is -0.0400. The first-order valence-corrected chi connectivity index (χ1v) is 6.82. The third-order valence-corrected chi connectivity index (χ3v) is 4.80. The zero-order valence-corrected chi connectivity index (χ0v) is 10.6. The maximum absolute atomic E-state index is 5.95. The molecule has 0 amide bonds. The molecule has 2 fully saturated rings. The molecule has 0 aliphatic heterocycles. The second-order valence-electron chi connectivity index (χ2n) is 5.82. The highest BCUT2D eigenvalue weighted by atomic mass is 16.5. The van der Waals surface area contributed by atoms with E-state index in [9.17, 15) is 0 Å². The van der Waals surface area contributed by atoms with Crippen LogP contribution in [0.1, 0.15) is 59.3 Å². The van der Waals surface area contributed by atoms with Crippen LogP contribution in [0.25, 0.3) is 0 Å². The molecule has 2 saturated carbocycles. The van der Waals surface area contributed by atoms with Crippen LogP contribution in [0.15, 0.2) is 0 Å². The van der Waals surface area contributed by atoms with Crippen molar-refractivity contribution in [3.8, 4) is 0 Å². The normalized spacial score (nSPS) is 34.4. The summed E-state index contributed by atoms with van der Waals surface area (Å²) in [5.74, 6) is 1.79. The number of hydrogen-bond donors (Lipinski definition) is 0. The van der Waals surface area contributed by atoms with E-state index in [4.69, 9.17) is 4.74 Å². The van der Waals surface area contributed by atoms with Crippen molar-refractivity contribution >= 4 is 0 Å². The Labute approximate surface area is 94.6 Å². The van der Waals surface area contributed by atoms with Crippen molar-refractivity contribution in [2.45, 2.75) is 65.4 Å². The fourth-order valence-electron chi connectivity index (χ4n) is 4.05. The summed E-state index contributed by atoms with van der Waals surface area (Å²) in [5, 5.41) is 0. The van der Waals surface area contributed by atoms with Crippen molar-refractivity contribution in [1.29, 1.82) is 0 Å². The van der Waals surface area contributed by atoms with Crippen LogP contribution in [-0.4, -0.2) is 12.7 Å². The largest absolute Gasteiger partial charge is 0.378 e. The number of rotatable bonds is 3. The third kappa shape index (κ3) is 1.84. The molecule has 15 heavy (non-hydrogen) atoms. The Balaban J connectivity index is 2.06. The third-order valence-electron chi connectivity index (χ3n) is 4.80. The van der Waals surface area contributed by atoms with Crippen molar-refractivity contribution in [3.63, 3.8) is 0 Å². The first kappa shape index (κ1) is 11.4. The van der Waals surface area contributed by atoms with Gasteiger partial charge in [-0.3, -0.25) is 0 Å². The molecule has 1 nitrogen and oxygen atoms in total. The van der Waals surface area contributed by atoms with Gasteiger partial charge in [0.1, 0.15) is 0 Å². The fraction of sp³-hybridized carbons (Fsp3) is 1.00. The maximum Gasteiger partial charge on any atom is 0.0636 e. The van der Waals surface area contributed by atoms with Crippen molar-refractivity contribution in [2.24, 2.45) is 17.3 Å². The van der Waals surface area contributed by atoms with Gasteiger partial charge in [-0.1, -0.05) is 33.1 Å². The van der Waals surface area contributed by atoms with Gasteiger partial charge in [-0.2, -0.15) is 0 Å². The van der Waals surface area contributed by atoms with Gasteiger partial charge in [-0.25, -0.2) is 0 Å². The molecule has 2 rings (SSSR count). The molecule has 0 heterocycles. The zero-order valence-electron chi connectivity index (χ0n) is 10.6. The van der Waals surface area contributed by atoms with E-state index >= 15 is 0 Å². The van der Waals surface area contributed by atoms with Gasteiger partial charge < -0.3 is 4.74 Å². The van der Waals surface area contributed by atoms with Crippen molar-refractivity contribution in [3.05, 3.63) is 0 Å². The van der Waals surface area contributed by atoms with Gasteiger partial charge in [-0.15, -0.1) is 0 Å². The van der Waals surface area contributed by atoms with Gasteiger partial charge in [0.15, 0.2) is 0 Å². The van der Waals surface area contributed by atoms with Crippen molar-refractivity contribution < 1.29 is 4.74 Å². The zero-order chi connectivity index (χ0) is 10.9. The second kappa shape index (κ2) is 4.45. The smallest absolute Gasteiger partial charge is 0.0636 e. The summed E-state index contributed by atoms with van der Waals surface area (Å²) < 4.78 is 5.95. The fourth-order valence-corrected chi connectivity index (χ4v) is 4.05. The molecule has 2 aliphatic carbocycles. The standard InChI is InChI=1S/C14H26O/c1-4-15-13-10-12(11(2)3)14(13)8-6-5-7-9-14/h11-13H,4-10H2,1-3H3. The molecule has 0 saturated heterocycles. The summed E-state index contributed by atoms with van der Waals surface area (Å²) in [5.41, 5.74) is 0.586. The quantitative estimate of drug-likeness (QED) is 0.683. The number of hydrogen-bond acceptors (Lipinski definition) is 1. The molecule has 2 unspecified atom stereocenters. The SMILES string of the molecule is CCOC1CC(C(C)C)C12CCCCC2. The average Bonchev–Trinajstić information content (AvgIpc) is 2.24. The highest BCUT2D eigenvalue weighted by Crippen LogP contribution is 2.59. The molecule has 0 radical (unpaired) electrons. The lowest BCUT2D eigenvalue weighted by atomic mass is 9.49. The minimum Gasteiger partial charge on any atom is -0.378 e. The molecule has 2 aliphatic rings. The summed E-state index contributed by atoms with van der Waals surface area (Å²) >= 11 is 0. The van der Waals surface area contributed by atoms with Gasteiger partial charge in [0, 0.05) is 6.61 Å². The Kier molecular flexibility index (Phi) is 3.39. The van der Waals surface area contributed by atoms with E-state index in [1.54, 1.807) is 0 Å².